The van der Waals surface area contributed by atoms with Crippen LogP contribution in [0.5, 0.6) is 0 Å². The molecule has 6 nitrogen and oxygen atoms in total. The summed E-state index contributed by atoms with van der Waals surface area (Å²) in [5.41, 5.74) is 0.488. The number of nitrogens with zero attached hydrogens (tertiary/aromatic N) is 1. The summed E-state index contributed by atoms with van der Waals surface area (Å²) in [4.78, 5) is 28.0. The van der Waals surface area contributed by atoms with Crippen LogP contribution < -0.4 is 5.56 Å². The lowest BCUT2D eigenvalue weighted by Crippen LogP contribution is -2.36. The molecule has 3 N–H and O–H groups in total. The Bertz CT molecular complexity index is 660. The maximum Gasteiger partial charge on any atom is 0.254 e. The first-order valence-corrected chi connectivity index (χ1v) is 6.30. The molecule has 0 atom stereocenters. The lowest BCUT2D eigenvalue weighted by atomic mass is 10.1. The van der Waals surface area contributed by atoms with Crippen molar-refractivity contribution in [1.29, 1.82) is 0 Å². The molecule has 1 aromatic carbocycles. The van der Waals surface area contributed by atoms with Gasteiger partial charge in [0.2, 0.25) is 5.56 Å². The molecule has 0 fully saturated rings. The van der Waals surface area contributed by atoms with Crippen molar-refractivity contribution < 1.29 is 15.0 Å². The second-order valence-corrected chi connectivity index (χ2v) is 4.33. The number of benzene rings is 1. The molecule has 0 radical (unpaired) electrons. The summed E-state index contributed by atoms with van der Waals surface area (Å²) in [6.45, 7) is -0.180. The van der Waals surface area contributed by atoms with Crippen molar-refractivity contribution in [3.8, 4) is 0 Å². The first-order valence-electron chi connectivity index (χ1n) is 6.30. The fourth-order valence-electron chi connectivity index (χ4n) is 2.11. The minimum Gasteiger partial charge on any atom is -0.395 e. The zero-order valence-electron chi connectivity index (χ0n) is 10.9. The molecule has 0 aliphatic carbocycles. The van der Waals surface area contributed by atoms with Gasteiger partial charge in [0.05, 0.1) is 18.8 Å². The van der Waals surface area contributed by atoms with Crippen molar-refractivity contribution in [2.45, 2.75) is 0 Å². The zero-order valence-corrected chi connectivity index (χ0v) is 10.9. The van der Waals surface area contributed by atoms with Crippen LogP contribution in [0.3, 0.4) is 0 Å². The molecule has 0 saturated heterocycles. The number of aromatic amines is 1. The van der Waals surface area contributed by atoms with Crippen molar-refractivity contribution in [3.05, 3.63) is 46.2 Å². The van der Waals surface area contributed by atoms with Crippen LogP contribution in [0, 0.1) is 0 Å². The minimum atomic E-state index is -0.379. The average Bonchev–Trinajstić information content (AvgIpc) is 2.45. The van der Waals surface area contributed by atoms with E-state index in [4.69, 9.17) is 10.2 Å². The van der Waals surface area contributed by atoms with E-state index in [1.165, 1.54) is 11.0 Å². The van der Waals surface area contributed by atoms with E-state index >= 15 is 0 Å². The summed E-state index contributed by atoms with van der Waals surface area (Å²) >= 11 is 0. The number of rotatable bonds is 5. The van der Waals surface area contributed by atoms with Gasteiger partial charge in [-0.05, 0) is 6.07 Å². The fourth-order valence-corrected chi connectivity index (χ4v) is 2.11. The van der Waals surface area contributed by atoms with Gasteiger partial charge in [-0.1, -0.05) is 18.2 Å². The molecule has 1 heterocycles. The normalized spacial score (nSPS) is 10.7. The van der Waals surface area contributed by atoms with Crippen LogP contribution in [0.1, 0.15) is 10.4 Å². The fraction of sp³-hybridized carbons (Fsp3) is 0.286. The number of aromatic nitrogens is 1. The van der Waals surface area contributed by atoms with Gasteiger partial charge in [0.15, 0.2) is 0 Å². The number of hydrogen-bond acceptors (Lipinski definition) is 4. The van der Waals surface area contributed by atoms with Gasteiger partial charge in [-0.25, -0.2) is 0 Å². The van der Waals surface area contributed by atoms with E-state index in [0.29, 0.717) is 10.9 Å². The van der Waals surface area contributed by atoms with Crippen LogP contribution in [0.25, 0.3) is 10.9 Å². The summed E-state index contributed by atoms with van der Waals surface area (Å²) in [6, 6.07) is 8.25. The quantitative estimate of drug-likeness (QED) is 0.714. The number of H-pyrrole nitrogens is 1. The summed E-state index contributed by atoms with van der Waals surface area (Å²) in [7, 11) is 0. The van der Waals surface area contributed by atoms with Gasteiger partial charge in [-0.15, -0.1) is 0 Å². The standard InChI is InChI=1S/C14H16N2O4/c17-7-5-16(6-8-18)14(20)11-9-13(19)15-12-4-2-1-3-10(11)12/h1-4,9,17-18H,5-8H2,(H,15,19). The van der Waals surface area contributed by atoms with Gasteiger partial charge in [0.25, 0.3) is 5.91 Å². The number of pyridine rings is 1. The number of aliphatic hydroxyl groups is 2. The van der Waals surface area contributed by atoms with Gasteiger partial charge < -0.3 is 20.1 Å². The number of carbonyl (C=O) groups is 1. The average molecular weight is 276 g/mol. The van der Waals surface area contributed by atoms with Crippen LogP contribution in [0.4, 0.5) is 0 Å². The Balaban J connectivity index is 2.50. The molecule has 1 amide bonds. The third-order valence-corrected chi connectivity index (χ3v) is 3.01. The van der Waals surface area contributed by atoms with E-state index in [-0.39, 0.29) is 43.3 Å². The van der Waals surface area contributed by atoms with Crippen LogP contribution in [-0.2, 0) is 0 Å². The summed E-state index contributed by atoms with van der Waals surface area (Å²) in [6.07, 6.45) is 0. The van der Waals surface area contributed by atoms with Crippen molar-refractivity contribution in [1.82, 2.24) is 9.88 Å². The second-order valence-electron chi connectivity index (χ2n) is 4.33. The Labute approximate surface area is 115 Å². The van der Waals surface area contributed by atoms with E-state index in [0.717, 1.165) is 0 Å². The van der Waals surface area contributed by atoms with E-state index in [1.807, 2.05) is 0 Å². The van der Waals surface area contributed by atoms with Gasteiger partial charge >= 0.3 is 0 Å². The maximum atomic E-state index is 12.4. The summed E-state index contributed by atoms with van der Waals surface area (Å²) < 4.78 is 0. The predicted octanol–water partition coefficient (Wildman–Crippen LogP) is -0.0451. The molecule has 6 heteroatoms. The third-order valence-electron chi connectivity index (χ3n) is 3.01. The van der Waals surface area contributed by atoms with E-state index in [2.05, 4.69) is 4.98 Å². The molecule has 0 spiro atoms. The molecule has 0 saturated carbocycles. The number of nitrogens with one attached hydrogen (secondary N) is 1. The highest BCUT2D eigenvalue weighted by atomic mass is 16.3. The number of carbonyl (C=O) groups excluding carboxylic acids is 1. The Kier molecular flexibility index (Phi) is 4.49. The largest absolute Gasteiger partial charge is 0.395 e. The Morgan fingerprint density at radius 1 is 1.15 bits per heavy atom. The predicted molar refractivity (Wildman–Crippen MR) is 74.6 cm³/mol. The molecule has 0 aliphatic rings. The molecule has 106 valence electrons. The van der Waals surface area contributed by atoms with Crippen LogP contribution >= 0.6 is 0 Å². The zero-order chi connectivity index (χ0) is 14.5. The number of amides is 1. The van der Waals surface area contributed by atoms with Crippen LogP contribution in [0.15, 0.2) is 35.1 Å². The van der Waals surface area contributed by atoms with Crippen LogP contribution in [0.2, 0.25) is 0 Å². The monoisotopic (exact) mass is 276 g/mol. The smallest absolute Gasteiger partial charge is 0.254 e. The molecule has 0 bridgehead atoms. The molecule has 20 heavy (non-hydrogen) atoms. The second kappa shape index (κ2) is 6.31. The molecular formula is C14H16N2O4. The first kappa shape index (κ1) is 14.2. The molecular weight excluding hydrogens is 260 g/mol. The van der Waals surface area contributed by atoms with Gasteiger partial charge in [-0.2, -0.15) is 0 Å². The topological polar surface area (TPSA) is 93.6 Å². The number of fused-ring (bicyclic) bond motifs is 1. The highest BCUT2D eigenvalue weighted by Crippen LogP contribution is 2.16. The highest BCUT2D eigenvalue weighted by molar-refractivity contribution is 6.05. The summed E-state index contributed by atoms with van der Waals surface area (Å²) in [5, 5.41) is 18.6. The number of hydrogen-bond donors (Lipinski definition) is 3. The number of aliphatic hydroxyl groups excluding tert-OH is 2. The van der Waals surface area contributed by atoms with Crippen molar-refractivity contribution in [2.24, 2.45) is 0 Å². The number of para-hydroxylation sites is 1. The summed E-state index contributed by atoms with van der Waals surface area (Å²) in [5.74, 6) is -0.379. The first-order chi connectivity index (χ1) is 9.67. The lowest BCUT2D eigenvalue weighted by Gasteiger charge is -2.21. The van der Waals surface area contributed by atoms with E-state index in [9.17, 15) is 9.59 Å². The highest BCUT2D eigenvalue weighted by Gasteiger charge is 2.18. The Morgan fingerprint density at radius 3 is 2.45 bits per heavy atom. The molecule has 2 aromatic rings. The van der Waals surface area contributed by atoms with Gasteiger partial charge in [0, 0.05) is 30.1 Å². The van der Waals surface area contributed by atoms with E-state index < -0.39 is 0 Å². The Morgan fingerprint density at radius 2 is 1.80 bits per heavy atom. The van der Waals surface area contributed by atoms with E-state index in [1.54, 1.807) is 24.3 Å². The Hall–Kier alpha value is -2.18. The van der Waals surface area contributed by atoms with Gasteiger partial charge in [0.1, 0.15) is 0 Å². The van der Waals surface area contributed by atoms with Gasteiger partial charge in [-0.3, -0.25) is 9.59 Å². The van der Waals surface area contributed by atoms with Crippen molar-refractivity contribution >= 4 is 16.8 Å². The van der Waals surface area contributed by atoms with Crippen molar-refractivity contribution in [2.75, 3.05) is 26.3 Å². The molecule has 0 aliphatic heterocycles. The molecule has 2 rings (SSSR count). The molecule has 0 unspecified atom stereocenters. The SMILES string of the molecule is O=C(c1cc(=O)[nH]c2ccccc12)N(CCO)CCO. The minimum absolute atomic E-state index is 0.112. The third kappa shape index (κ3) is 2.87. The van der Waals surface area contributed by atoms with Crippen LogP contribution in [-0.4, -0.2) is 52.3 Å². The molecule has 1 aromatic heterocycles. The lowest BCUT2D eigenvalue weighted by molar-refractivity contribution is 0.0686. The maximum absolute atomic E-state index is 12.4. The van der Waals surface area contributed by atoms with Crippen molar-refractivity contribution in [3.63, 3.8) is 0 Å².